The summed E-state index contributed by atoms with van der Waals surface area (Å²) >= 11 is 0. The lowest BCUT2D eigenvalue weighted by Crippen LogP contribution is -2.37. The van der Waals surface area contributed by atoms with Crippen LogP contribution in [0.15, 0.2) is 97.2 Å². The van der Waals surface area contributed by atoms with E-state index in [1.807, 2.05) is 21.1 Å². The molecule has 0 saturated heterocycles. The van der Waals surface area contributed by atoms with E-state index in [0.717, 1.165) is 96.3 Å². The maximum atomic E-state index is 12.8. The van der Waals surface area contributed by atoms with E-state index in [2.05, 4.69) is 111 Å². The second-order valence-corrected chi connectivity index (χ2v) is 22.4. The average molecular weight is 1050 g/mol. The summed E-state index contributed by atoms with van der Waals surface area (Å²) in [5.41, 5.74) is 0. The number of rotatable bonds is 54. The van der Waals surface area contributed by atoms with E-state index >= 15 is 0 Å². The van der Waals surface area contributed by atoms with E-state index in [0.29, 0.717) is 23.9 Å². The summed E-state index contributed by atoms with van der Waals surface area (Å²) in [6, 6.07) is 0. The van der Waals surface area contributed by atoms with E-state index in [4.69, 9.17) is 18.5 Å². The molecule has 0 aromatic carbocycles. The molecule has 0 saturated carbocycles. The van der Waals surface area contributed by atoms with Gasteiger partial charge < -0.3 is 27.9 Å². The van der Waals surface area contributed by atoms with Gasteiger partial charge in [-0.15, -0.1) is 0 Å². The minimum Gasteiger partial charge on any atom is -0.756 e. The second kappa shape index (κ2) is 54.7. The van der Waals surface area contributed by atoms with Crippen LogP contribution in [-0.2, 0) is 32.7 Å². The normalized spacial score (nSPS) is 14.0. The first-order valence-corrected chi connectivity index (χ1v) is 31.4. The molecule has 0 spiro atoms. The SMILES string of the molecule is CC/C=C\C/C=C\C/C=C\C/C=C\CCCCCCCCCCCCCCCCCCCCCCC(=O)OC(COC(=O)CCCCCC/C=C\C/C=C\C/C=C\C/C=C\CC)COP(=O)([O-])OCC[N+](C)(C)C. The van der Waals surface area contributed by atoms with Crippen LogP contribution >= 0.6 is 7.82 Å². The standard InChI is InChI=1S/C64H112NO8P/c1-6-8-10-12-14-16-18-20-22-24-25-26-27-28-29-30-31-32-33-34-35-36-37-38-39-41-43-45-47-49-51-53-55-57-64(67)73-62(61-72-74(68,69)71-59-58-65(3,4)5)60-70-63(66)56-54-52-50-48-46-44-42-40-23-21-19-17-15-13-11-9-7-2/h8-11,14-17,20-23,25-26,42,44,62H,6-7,12-13,18-19,24,27-41,43,45-61H2,1-5H3/b10-8-,11-9-,16-14-,17-15-,22-20-,23-21-,26-25-,44-42-. The lowest BCUT2D eigenvalue weighted by atomic mass is 10.0. The van der Waals surface area contributed by atoms with E-state index in [9.17, 15) is 19.0 Å². The van der Waals surface area contributed by atoms with Gasteiger partial charge in [-0.25, -0.2) is 0 Å². The van der Waals surface area contributed by atoms with Crippen molar-refractivity contribution >= 4 is 19.8 Å². The number of nitrogens with zero attached hydrogens (tertiary/aromatic N) is 1. The zero-order valence-corrected chi connectivity index (χ0v) is 49.2. The van der Waals surface area contributed by atoms with Crippen LogP contribution in [0.5, 0.6) is 0 Å². The van der Waals surface area contributed by atoms with Crippen molar-refractivity contribution in [2.45, 2.75) is 251 Å². The Morgan fingerprint density at radius 1 is 0.419 bits per heavy atom. The number of esters is 2. The molecule has 0 bridgehead atoms. The van der Waals surface area contributed by atoms with Gasteiger partial charge in [0.1, 0.15) is 19.8 Å². The highest BCUT2D eigenvalue weighted by molar-refractivity contribution is 7.45. The van der Waals surface area contributed by atoms with Crippen LogP contribution in [0.25, 0.3) is 0 Å². The molecule has 0 aromatic rings. The molecule has 0 aliphatic carbocycles. The number of phosphoric ester groups is 1. The Hall–Kier alpha value is -3.07. The Labute approximate surface area is 455 Å². The molecule has 0 aromatic heterocycles. The number of quaternary nitrogens is 1. The van der Waals surface area contributed by atoms with Crippen molar-refractivity contribution in [1.29, 1.82) is 0 Å². The molecule has 0 rings (SSSR count). The minimum atomic E-state index is -4.65. The molecule has 9 nitrogen and oxygen atoms in total. The van der Waals surface area contributed by atoms with Crippen LogP contribution < -0.4 is 4.89 Å². The van der Waals surface area contributed by atoms with Gasteiger partial charge >= 0.3 is 11.9 Å². The fraction of sp³-hybridized carbons (Fsp3) is 0.719. The number of carbonyl (C=O) groups excluding carboxylic acids is 2. The highest BCUT2D eigenvalue weighted by Gasteiger charge is 2.22. The van der Waals surface area contributed by atoms with Crippen LogP contribution in [0, 0.1) is 0 Å². The summed E-state index contributed by atoms with van der Waals surface area (Å²) in [5.74, 6) is -0.859. The predicted octanol–water partition coefficient (Wildman–Crippen LogP) is 18.2. The van der Waals surface area contributed by atoms with Crippen molar-refractivity contribution in [2.75, 3.05) is 47.5 Å². The predicted molar refractivity (Wildman–Crippen MR) is 314 cm³/mol. The van der Waals surface area contributed by atoms with Crippen molar-refractivity contribution < 1.29 is 42.1 Å². The van der Waals surface area contributed by atoms with Crippen molar-refractivity contribution in [2.24, 2.45) is 0 Å². The van der Waals surface area contributed by atoms with Gasteiger partial charge in [0.25, 0.3) is 7.82 Å². The summed E-state index contributed by atoms with van der Waals surface area (Å²) in [7, 11) is 1.15. The van der Waals surface area contributed by atoms with Crippen LogP contribution in [0.1, 0.15) is 245 Å². The van der Waals surface area contributed by atoms with Crippen LogP contribution in [0.4, 0.5) is 0 Å². The topological polar surface area (TPSA) is 111 Å². The van der Waals surface area contributed by atoms with Gasteiger partial charge in [-0.2, -0.15) is 0 Å². The minimum absolute atomic E-state index is 0.0380. The van der Waals surface area contributed by atoms with E-state index in [1.165, 1.54) is 109 Å². The van der Waals surface area contributed by atoms with E-state index < -0.39 is 32.5 Å². The fourth-order valence-electron chi connectivity index (χ4n) is 8.05. The van der Waals surface area contributed by atoms with Gasteiger partial charge in [0.2, 0.25) is 0 Å². The van der Waals surface area contributed by atoms with E-state index in [-0.39, 0.29) is 26.1 Å². The number of unbranched alkanes of at least 4 members (excludes halogenated alkanes) is 24. The van der Waals surface area contributed by atoms with E-state index in [1.54, 1.807) is 0 Å². The first-order valence-electron chi connectivity index (χ1n) is 29.9. The van der Waals surface area contributed by atoms with Gasteiger partial charge in [0, 0.05) is 12.8 Å². The summed E-state index contributed by atoms with van der Waals surface area (Å²) in [5, 5.41) is 0. The summed E-state index contributed by atoms with van der Waals surface area (Å²) in [6.07, 6.45) is 74.7. The number of hydrogen-bond donors (Lipinski definition) is 0. The monoisotopic (exact) mass is 1050 g/mol. The van der Waals surface area contributed by atoms with Gasteiger partial charge in [0.05, 0.1) is 27.7 Å². The number of carbonyl (C=O) groups is 2. The average Bonchev–Trinajstić information content (AvgIpc) is 3.36. The molecule has 0 N–H and O–H groups in total. The molecule has 0 aliphatic heterocycles. The van der Waals surface area contributed by atoms with Crippen molar-refractivity contribution in [3.8, 4) is 0 Å². The molecule has 0 radical (unpaired) electrons. The van der Waals surface area contributed by atoms with Crippen molar-refractivity contribution in [3.63, 3.8) is 0 Å². The van der Waals surface area contributed by atoms with Gasteiger partial charge in [-0.05, 0) is 89.9 Å². The maximum Gasteiger partial charge on any atom is 0.306 e. The first kappa shape index (κ1) is 70.9. The quantitative estimate of drug-likeness (QED) is 0.0195. The Morgan fingerprint density at radius 3 is 1.08 bits per heavy atom. The Morgan fingerprint density at radius 2 is 0.730 bits per heavy atom. The lowest BCUT2D eigenvalue weighted by Gasteiger charge is -2.28. The Balaban J connectivity index is 4.07. The van der Waals surface area contributed by atoms with Gasteiger partial charge in [-0.3, -0.25) is 14.2 Å². The molecule has 2 unspecified atom stereocenters. The number of likely N-dealkylation sites (N-methyl/N-ethyl adjacent to an activating group) is 1. The third-order valence-electron chi connectivity index (χ3n) is 12.6. The molecular weight excluding hydrogens is 942 g/mol. The zero-order valence-electron chi connectivity index (χ0n) is 48.3. The summed E-state index contributed by atoms with van der Waals surface area (Å²) < 4.78 is 34.1. The molecule has 0 amide bonds. The lowest BCUT2D eigenvalue weighted by molar-refractivity contribution is -0.870. The molecule has 74 heavy (non-hydrogen) atoms. The van der Waals surface area contributed by atoms with Crippen molar-refractivity contribution in [3.05, 3.63) is 97.2 Å². The highest BCUT2D eigenvalue weighted by atomic mass is 31.2. The van der Waals surface area contributed by atoms with Crippen LogP contribution in [0.3, 0.4) is 0 Å². The second-order valence-electron chi connectivity index (χ2n) is 20.9. The Kier molecular flexibility index (Phi) is 52.4. The molecule has 0 fully saturated rings. The third-order valence-corrected chi connectivity index (χ3v) is 13.6. The summed E-state index contributed by atoms with van der Waals surface area (Å²) in [4.78, 5) is 37.9. The highest BCUT2D eigenvalue weighted by Crippen LogP contribution is 2.38. The van der Waals surface area contributed by atoms with Crippen LogP contribution in [-0.4, -0.2) is 70.0 Å². The first-order chi connectivity index (χ1) is 36.0. The van der Waals surface area contributed by atoms with Gasteiger partial charge in [0.15, 0.2) is 6.10 Å². The molecule has 0 aliphatic rings. The number of hydrogen-bond acceptors (Lipinski definition) is 8. The smallest absolute Gasteiger partial charge is 0.306 e. The Bertz CT molecular complexity index is 1570. The fourth-order valence-corrected chi connectivity index (χ4v) is 8.78. The zero-order chi connectivity index (χ0) is 54.2. The molecule has 426 valence electrons. The number of phosphoric acid groups is 1. The van der Waals surface area contributed by atoms with Crippen molar-refractivity contribution in [1.82, 2.24) is 0 Å². The molecular formula is C64H112NO8P. The largest absolute Gasteiger partial charge is 0.756 e. The molecule has 2 atom stereocenters. The molecule has 0 heterocycles. The molecule has 10 heteroatoms. The van der Waals surface area contributed by atoms with Gasteiger partial charge in [-0.1, -0.05) is 239 Å². The maximum absolute atomic E-state index is 12.8. The third kappa shape index (κ3) is 58.2. The summed E-state index contributed by atoms with van der Waals surface area (Å²) in [6.45, 7) is 3.99. The van der Waals surface area contributed by atoms with Crippen LogP contribution in [0.2, 0.25) is 0 Å². The number of ether oxygens (including phenoxy) is 2. The number of allylic oxidation sites excluding steroid dienone is 16.